The fraction of sp³-hybridized carbons (Fsp3) is 0.238. The highest BCUT2D eigenvalue weighted by atomic mass is 35.5. The van der Waals surface area contributed by atoms with E-state index in [4.69, 9.17) is 11.6 Å². The Bertz CT molecular complexity index is 978. The van der Waals surface area contributed by atoms with Crippen molar-refractivity contribution in [3.05, 3.63) is 76.3 Å². The second-order valence-corrected chi connectivity index (χ2v) is 6.99. The van der Waals surface area contributed by atoms with E-state index in [1.807, 2.05) is 44.2 Å². The third-order valence-electron chi connectivity index (χ3n) is 4.42. The third kappa shape index (κ3) is 4.84. The topological polar surface area (TPSA) is 71.0 Å². The molecule has 1 N–H and O–H groups in total. The Morgan fingerprint density at radius 1 is 1.14 bits per heavy atom. The Balaban J connectivity index is 1.74. The fourth-order valence-corrected chi connectivity index (χ4v) is 2.92. The number of carbonyl (C=O) groups excluding carboxylic acids is 1. The van der Waals surface area contributed by atoms with Crippen LogP contribution in [0, 0.1) is 13.8 Å². The van der Waals surface area contributed by atoms with Crippen molar-refractivity contribution in [2.75, 3.05) is 18.9 Å². The van der Waals surface area contributed by atoms with Crippen LogP contribution < -0.4 is 5.32 Å². The molecular formula is C21H22ClN5O. The van der Waals surface area contributed by atoms with Crippen LogP contribution in [0.4, 0.5) is 11.6 Å². The molecule has 6 nitrogen and oxygen atoms in total. The van der Waals surface area contributed by atoms with Crippen LogP contribution in [0.15, 0.2) is 48.8 Å². The van der Waals surface area contributed by atoms with Crippen molar-refractivity contribution in [2.24, 2.45) is 0 Å². The van der Waals surface area contributed by atoms with E-state index in [1.165, 1.54) is 0 Å². The molecule has 3 aromatic rings. The lowest BCUT2D eigenvalue weighted by Gasteiger charge is -2.17. The van der Waals surface area contributed by atoms with Gasteiger partial charge in [0.25, 0.3) is 5.91 Å². The molecule has 0 saturated heterocycles. The van der Waals surface area contributed by atoms with Crippen molar-refractivity contribution in [3.8, 4) is 0 Å². The smallest absolute Gasteiger partial charge is 0.272 e. The standard InChI is InChI=1S/C21H22ClN5O/c1-14-13-19(20(28)27(3)12-9-16-7-10-23-11-8-16)26-21(24-14)25-18-6-4-5-17(22)15(18)2/h4-8,10-11,13H,9,12H2,1-3H3,(H,24,25,26). The van der Waals surface area contributed by atoms with Crippen molar-refractivity contribution in [1.29, 1.82) is 0 Å². The van der Waals surface area contributed by atoms with E-state index in [0.717, 1.165) is 23.2 Å². The van der Waals surface area contributed by atoms with Gasteiger partial charge in [-0.05, 0) is 61.7 Å². The number of likely N-dealkylation sites (N-methyl/N-ethyl adjacent to an activating group) is 1. The molecule has 0 unspecified atom stereocenters. The molecule has 28 heavy (non-hydrogen) atoms. The van der Waals surface area contributed by atoms with E-state index >= 15 is 0 Å². The molecule has 0 spiro atoms. The number of aromatic nitrogens is 3. The minimum absolute atomic E-state index is 0.148. The normalized spacial score (nSPS) is 10.6. The maximum atomic E-state index is 12.8. The number of hydrogen-bond donors (Lipinski definition) is 1. The predicted octanol–water partition coefficient (Wildman–Crippen LogP) is 4.20. The highest BCUT2D eigenvalue weighted by Gasteiger charge is 2.16. The van der Waals surface area contributed by atoms with Crippen molar-refractivity contribution in [2.45, 2.75) is 20.3 Å². The van der Waals surface area contributed by atoms with Crippen LogP contribution in [0.5, 0.6) is 0 Å². The number of benzene rings is 1. The van der Waals surface area contributed by atoms with Crippen LogP contribution in [0.25, 0.3) is 0 Å². The third-order valence-corrected chi connectivity index (χ3v) is 4.83. The number of pyridine rings is 1. The largest absolute Gasteiger partial charge is 0.340 e. The lowest BCUT2D eigenvalue weighted by atomic mass is 10.2. The zero-order valence-corrected chi connectivity index (χ0v) is 16.9. The molecule has 0 radical (unpaired) electrons. The molecule has 0 aliphatic heterocycles. The number of anilines is 2. The summed E-state index contributed by atoms with van der Waals surface area (Å²) in [7, 11) is 1.77. The Morgan fingerprint density at radius 3 is 2.64 bits per heavy atom. The van der Waals surface area contributed by atoms with Crippen LogP contribution >= 0.6 is 11.6 Å². The number of nitrogens with one attached hydrogen (secondary N) is 1. The number of carbonyl (C=O) groups is 1. The van der Waals surface area contributed by atoms with Gasteiger partial charge in [0.1, 0.15) is 5.69 Å². The number of rotatable bonds is 6. The van der Waals surface area contributed by atoms with Crippen LogP contribution in [0.3, 0.4) is 0 Å². The van der Waals surface area contributed by atoms with Gasteiger partial charge in [-0.25, -0.2) is 9.97 Å². The van der Waals surface area contributed by atoms with Crippen LogP contribution in [-0.4, -0.2) is 39.4 Å². The van der Waals surface area contributed by atoms with Gasteiger partial charge in [-0.2, -0.15) is 0 Å². The van der Waals surface area contributed by atoms with Gasteiger partial charge in [0.05, 0.1) is 0 Å². The summed E-state index contributed by atoms with van der Waals surface area (Å²) >= 11 is 6.17. The second kappa shape index (κ2) is 8.80. The lowest BCUT2D eigenvalue weighted by molar-refractivity contribution is 0.0790. The Hall–Kier alpha value is -2.99. The average Bonchev–Trinajstić information content (AvgIpc) is 2.69. The van der Waals surface area contributed by atoms with Crippen LogP contribution in [0.1, 0.15) is 27.3 Å². The molecule has 1 amide bonds. The summed E-state index contributed by atoms with van der Waals surface area (Å²) in [6.45, 7) is 4.34. The van der Waals surface area contributed by atoms with Gasteiger partial charge in [-0.15, -0.1) is 0 Å². The Labute approximate surface area is 169 Å². The second-order valence-electron chi connectivity index (χ2n) is 6.59. The molecule has 3 rings (SSSR count). The first-order valence-electron chi connectivity index (χ1n) is 8.96. The molecule has 0 saturated carbocycles. The summed E-state index contributed by atoms with van der Waals surface area (Å²) in [5.41, 5.74) is 3.90. The molecular weight excluding hydrogens is 374 g/mol. The van der Waals surface area contributed by atoms with Gasteiger partial charge in [-0.3, -0.25) is 9.78 Å². The van der Waals surface area contributed by atoms with Gasteiger partial charge in [0.2, 0.25) is 5.95 Å². The van der Waals surface area contributed by atoms with Crippen LogP contribution in [0.2, 0.25) is 5.02 Å². The zero-order chi connectivity index (χ0) is 20.1. The first-order chi connectivity index (χ1) is 13.4. The minimum Gasteiger partial charge on any atom is -0.340 e. The molecule has 0 aliphatic rings. The molecule has 7 heteroatoms. The number of aryl methyl sites for hydroxylation is 1. The molecule has 0 aliphatic carbocycles. The average molecular weight is 396 g/mol. The molecule has 0 fully saturated rings. The van der Waals surface area contributed by atoms with Crippen molar-refractivity contribution in [1.82, 2.24) is 19.9 Å². The fourth-order valence-electron chi connectivity index (χ4n) is 2.74. The molecule has 2 aromatic heterocycles. The quantitative estimate of drug-likeness (QED) is 0.677. The van der Waals surface area contributed by atoms with E-state index < -0.39 is 0 Å². The first-order valence-corrected chi connectivity index (χ1v) is 9.34. The van der Waals surface area contributed by atoms with Crippen molar-refractivity contribution in [3.63, 3.8) is 0 Å². The number of hydrogen-bond acceptors (Lipinski definition) is 5. The monoisotopic (exact) mass is 395 g/mol. The number of halogens is 1. The van der Waals surface area contributed by atoms with E-state index in [2.05, 4.69) is 20.3 Å². The van der Waals surface area contributed by atoms with Crippen molar-refractivity contribution >= 4 is 29.1 Å². The number of amides is 1. The summed E-state index contributed by atoms with van der Waals surface area (Å²) in [5.74, 6) is 0.224. The van der Waals surface area contributed by atoms with E-state index in [9.17, 15) is 4.79 Å². The van der Waals surface area contributed by atoms with Crippen molar-refractivity contribution < 1.29 is 4.79 Å². The molecule has 2 heterocycles. The van der Waals surface area contributed by atoms with Gasteiger partial charge >= 0.3 is 0 Å². The molecule has 0 atom stereocenters. The number of nitrogens with zero attached hydrogens (tertiary/aromatic N) is 4. The SMILES string of the molecule is Cc1cc(C(=O)N(C)CCc2ccncc2)nc(Nc2cccc(Cl)c2C)n1. The summed E-state index contributed by atoms with van der Waals surface area (Å²) < 4.78 is 0. The van der Waals surface area contributed by atoms with E-state index in [0.29, 0.717) is 28.9 Å². The van der Waals surface area contributed by atoms with Gasteiger partial charge in [-0.1, -0.05) is 17.7 Å². The highest BCUT2D eigenvalue weighted by Crippen LogP contribution is 2.25. The molecule has 1 aromatic carbocycles. The predicted molar refractivity (Wildman–Crippen MR) is 111 cm³/mol. The first kappa shape index (κ1) is 19.8. The van der Waals surface area contributed by atoms with E-state index in [-0.39, 0.29) is 5.91 Å². The summed E-state index contributed by atoms with van der Waals surface area (Å²) in [6, 6.07) is 11.2. The van der Waals surface area contributed by atoms with Gasteiger partial charge in [0.15, 0.2) is 0 Å². The Morgan fingerprint density at radius 2 is 1.89 bits per heavy atom. The highest BCUT2D eigenvalue weighted by molar-refractivity contribution is 6.31. The zero-order valence-electron chi connectivity index (χ0n) is 16.1. The minimum atomic E-state index is -0.148. The lowest BCUT2D eigenvalue weighted by Crippen LogP contribution is -2.30. The molecule has 144 valence electrons. The summed E-state index contributed by atoms with van der Waals surface area (Å²) in [4.78, 5) is 27.3. The summed E-state index contributed by atoms with van der Waals surface area (Å²) in [5, 5.41) is 3.82. The van der Waals surface area contributed by atoms with Gasteiger partial charge in [0, 0.05) is 42.4 Å². The maximum Gasteiger partial charge on any atom is 0.272 e. The Kier molecular flexibility index (Phi) is 6.21. The van der Waals surface area contributed by atoms with Crippen LogP contribution in [-0.2, 0) is 6.42 Å². The summed E-state index contributed by atoms with van der Waals surface area (Å²) in [6.07, 6.45) is 4.25. The van der Waals surface area contributed by atoms with E-state index in [1.54, 1.807) is 30.4 Å². The van der Waals surface area contributed by atoms with Gasteiger partial charge < -0.3 is 10.2 Å². The maximum absolute atomic E-state index is 12.8. The molecule has 0 bridgehead atoms.